The fourth-order valence-electron chi connectivity index (χ4n) is 2.70. The molecule has 0 saturated carbocycles. The van der Waals surface area contributed by atoms with Crippen molar-refractivity contribution in [3.05, 3.63) is 55.9 Å². The monoisotopic (exact) mass is 295 g/mol. The van der Waals surface area contributed by atoms with Crippen LogP contribution in [0.3, 0.4) is 0 Å². The van der Waals surface area contributed by atoms with Gasteiger partial charge >= 0.3 is 0 Å². The topological polar surface area (TPSA) is 42.2 Å². The number of rotatable bonds is 0. The van der Waals surface area contributed by atoms with Crippen LogP contribution in [0.25, 0.3) is 5.69 Å². The normalized spacial score (nSPS) is 15.2. The first-order chi connectivity index (χ1) is 8.84. The Bertz CT molecular complexity index is 763. The van der Waals surface area contributed by atoms with Gasteiger partial charge in [-0.2, -0.15) is 0 Å². The molecule has 0 amide bonds. The molecule has 1 aromatic carbocycles. The number of pyridine rings is 1. The van der Waals surface area contributed by atoms with Gasteiger partial charge in [-0.15, -0.1) is 0 Å². The van der Waals surface area contributed by atoms with Crippen molar-refractivity contribution < 1.29 is 5.11 Å². The van der Waals surface area contributed by atoms with E-state index < -0.39 is 5.41 Å². The molecule has 0 saturated heterocycles. The van der Waals surface area contributed by atoms with Gasteiger partial charge in [0.2, 0.25) is 0 Å². The fraction of sp³-hybridized carbons (Fsp3) is 0.214. The highest BCUT2D eigenvalue weighted by Gasteiger charge is 2.39. The van der Waals surface area contributed by atoms with E-state index in [4.69, 9.17) is 23.2 Å². The molecule has 1 N–H and O–H groups in total. The van der Waals surface area contributed by atoms with E-state index in [9.17, 15) is 9.90 Å². The van der Waals surface area contributed by atoms with Crippen LogP contribution < -0.4 is 5.56 Å². The number of aromatic hydroxyl groups is 1. The second-order valence-electron chi connectivity index (χ2n) is 5.15. The number of fused-ring (bicyclic) bond motifs is 3. The lowest BCUT2D eigenvalue weighted by atomic mass is 9.83. The van der Waals surface area contributed by atoms with E-state index in [1.54, 1.807) is 12.1 Å². The van der Waals surface area contributed by atoms with Gasteiger partial charge in [0.05, 0.1) is 11.4 Å². The molecule has 5 heteroatoms. The third-order valence-corrected chi connectivity index (χ3v) is 4.21. The van der Waals surface area contributed by atoms with Crippen molar-refractivity contribution in [3.63, 3.8) is 0 Å². The van der Waals surface area contributed by atoms with Gasteiger partial charge in [0.15, 0.2) is 0 Å². The number of hydrogen-bond acceptors (Lipinski definition) is 2. The zero-order valence-corrected chi connectivity index (χ0v) is 11.9. The summed E-state index contributed by atoms with van der Waals surface area (Å²) in [5.74, 6) is -0.190. The molecule has 3 rings (SSSR count). The summed E-state index contributed by atoms with van der Waals surface area (Å²) < 4.78 is 1.54. The lowest BCUT2D eigenvalue weighted by molar-refractivity contribution is 0.469. The van der Waals surface area contributed by atoms with Crippen molar-refractivity contribution in [1.82, 2.24) is 4.57 Å². The van der Waals surface area contributed by atoms with Gasteiger partial charge in [0.1, 0.15) is 10.8 Å². The van der Waals surface area contributed by atoms with Crippen molar-refractivity contribution in [3.8, 4) is 11.4 Å². The standard InChI is InChI=1S/C14H11Cl2NO2/c1-14(2)8-5-7(15)3-4-9(8)17-11(19)6-10(18)12(16)13(14)17/h3-6,18H,1-2H3. The van der Waals surface area contributed by atoms with Gasteiger partial charge in [-0.05, 0) is 23.8 Å². The Labute approximate surface area is 120 Å². The van der Waals surface area contributed by atoms with Crippen LogP contribution in [0, 0.1) is 0 Å². The van der Waals surface area contributed by atoms with Crippen LogP contribution >= 0.6 is 23.2 Å². The van der Waals surface area contributed by atoms with E-state index in [1.807, 2.05) is 19.9 Å². The van der Waals surface area contributed by atoms with E-state index in [0.29, 0.717) is 10.7 Å². The molecule has 1 aliphatic heterocycles. The first-order valence-corrected chi connectivity index (χ1v) is 6.55. The maximum absolute atomic E-state index is 12.1. The highest BCUT2D eigenvalue weighted by Crippen LogP contribution is 2.46. The number of aromatic nitrogens is 1. The summed E-state index contributed by atoms with van der Waals surface area (Å²) in [5.41, 5.74) is 1.48. The molecule has 2 aromatic rings. The molecule has 1 aliphatic rings. The second kappa shape index (κ2) is 3.78. The van der Waals surface area contributed by atoms with Crippen LogP contribution in [0.15, 0.2) is 29.1 Å². The molecule has 0 aliphatic carbocycles. The molecule has 0 fully saturated rings. The first-order valence-electron chi connectivity index (χ1n) is 5.79. The SMILES string of the molecule is CC1(C)c2cc(Cl)ccc2-n2c1c(Cl)c(O)cc2=O. The third kappa shape index (κ3) is 1.55. The van der Waals surface area contributed by atoms with Crippen molar-refractivity contribution in [2.75, 3.05) is 0 Å². The van der Waals surface area contributed by atoms with Gasteiger partial charge in [-0.25, -0.2) is 0 Å². The van der Waals surface area contributed by atoms with E-state index in [1.165, 1.54) is 4.57 Å². The predicted octanol–water partition coefficient (Wildman–Crippen LogP) is 3.49. The largest absolute Gasteiger partial charge is 0.506 e. The van der Waals surface area contributed by atoms with E-state index >= 15 is 0 Å². The number of benzene rings is 1. The minimum atomic E-state index is -0.491. The Hall–Kier alpha value is -1.45. The summed E-state index contributed by atoms with van der Waals surface area (Å²) in [6.45, 7) is 3.90. The molecule has 0 unspecified atom stereocenters. The predicted molar refractivity (Wildman–Crippen MR) is 75.9 cm³/mol. The highest BCUT2D eigenvalue weighted by atomic mass is 35.5. The van der Waals surface area contributed by atoms with Crippen molar-refractivity contribution in [2.24, 2.45) is 0 Å². The molecule has 1 aromatic heterocycles. The van der Waals surface area contributed by atoms with Gasteiger partial charge in [0.25, 0.3) is 5.56 Å². The molecule has 2 heterocycles. The summed E-state index contributed by atoms with van der Waals surface area (Å²) >= 11 is 12.2. The maximum atomic E-state index is 12.1. The summed E-state index contributed by atoms with van der Waals surface area (Å²) in [7, 11) is 0. The van der Waals surface area contributed by atoms with Crippen molar-refractivity contribution in [1.29, 1.82) is 0 Å². The van der Waals surface area contributed by atoms with Gasteiger partial charge < -0.3 is 5.11 Å². The minimum absolute atomic E-state index is 0.190. The Balaban J connectivity index is 2.51. The highest BCUT2D eigenvalue weighted by molar-refractivity contribution is 6.33. The zero-order chi connectivity index (χ0) is 13.9. The first kappa shape index (κ1) is 12.6. The zero-order valence-electron chi connectivity index (χ0n) is 10.4. The van der Waals surface area contributed by atoms with Gasteiger partial charge in [-0.1, -0.05) is 37.0 Å². The second-order valence-corrected chi connectivity index (χ2v) is 5.97. The van der Waals surface area contributed by atoms with Crippen LogP contribution in [0.4, 0.5) is 0 Å². The third-order valence-electron chi connectivity index (χ3n) is 3.60. The number of nitrogens with zero attached hydrogens (tertiary/aromatic N) is 1. The molecule has 19 heavy (non-hydrogen) atoms. The Kier molecular flexibility index (Phi) is 2.50. The molecule has 0 atom stereocenters. The van der Waals surface area contributed by atoms with E-state index in [-0.39, 0.29) is 16.3 Å². The Morgan fingerprint density at radius 3 is 2.58 bits per heavy atom. The molecule has 0 radical (unpaired) electrons. The van der Waals surface area contributed by atoms with Crippen LogP contribution in [-0.4, -0.2) is 9.67 Å². The number of hydrogen-bond donors (Lipinski definition) is 1. The Morgan fingerprint density at radius 1 is 1.21 bits per heavy atom. The van der Waals surface area contributed by atoms with Crippen LogP contribution in [0.5, 0.6) is 5.75 Å². The smallest absolute Gasteiger partial charge is 0.259 e. The number of halogens is 2. The lowest BCUT2D eigenvalue weighted by Gasteiger charge is -2.21. The summed E-state index contributed by atoms with van der Waals surface area (Å²) in [6, 6.07) is 6.49. The molecule has 0 spiro atoms. The molecule has 0 bridgehead atoms. The van der Waals surface area contributed by atoms with Crippen molar-refractivity contribution >= 4 is 23.2 Å². The molecular formula is C14H11Cl2NO2. The maximum Gasteiger partial charge on any atom is 0.259 e. The summed E-state index contributed by atoms with van der Waals surface area (Å²) in [4.78, 5) is 12.1. The minimum Gasteiger partial charge on any atom is -0.506 e. The summed E-state index contributed by atoms with van der Waals surface area (Å²) in [5, 5.41) is 10.6. The van der Waals surface area contributed by atoms with Gasteiger partial charge in [-0.3, -0.25) is 9.36 Å². The van der Waals surface area contributed by atoms with Crippen LogP contribution in [0.1, 0.15) is 25.1 Å². The fourth-order valence-corrected chi connectivity index (χ4v) is 3.25. The average Bonchev–Trinajstić information content (AvgIpc) is 2.56. The van der Waals surface area contributed by atoms with E-state index in [0.717, 1.165) is 17.3 Å². The molecule has 3 nitrogen and oxygen atoms in total. The lowest BCUT2D eigenvalue weighted by Crippen LogP contribution is -2.23. The van der Waals surface area contributed by atoms with Crippen LogP contribution in [-0.2, 0) is 5.41 Å². The van der Waals surface area contributed by atoms with Gasteiger partial charge in [0, 0.05) is 16.5 Å². The molecular weight excluding hydrogens is 285 g/mol. The van der Waals surface area contributed by atoms with E-state index in [2.05, 4.69) is 0 Å². The van der Waals surface area contributed by atoms with Crippen LogP contribution in [0.2, 0.25) is 10.0 Å². The Morgan fingerprint density at radius 2 is 1.89 bits per heavy atom. The quantitative estimate of drug-likeness (QED) is 0.808. The average molecular weight is 296 g/mol. The molecule has 98 valence electrons. The summed E-state index contributed by atoms with van der Waals surface area (Å²) in [6.07, 6.45) is 0. The van der Waals surface area contributed by atoms with Crippen molar-refractivity contribution in [2.45, 2.75) is 19.3 Å².